The molecule has 2 heterocycles. The maximum absolute atomic E-state index is 12.6. The largest absolute Gasteiger partial charge is 0.444 e. The molecular formula is C32H41N3O2. The number of likely N-dealkylation sites (tertiary alicyclic amines) is 1. The van der Waals surface area contributed by atoms with Gasteiger partial charge in [0.25, 0.3) is 0 Å². The van der Waals surface area contributed by atoms with Gasteiger partial charge < -0.3 is 14.5 Å². The van der Waals surface area contributed by atoms with Crippen molar-refractivity contribution in [3.8, 4) is 11.3 Å². The molecule has 0 radical (unpaired) electrons. The van der Waals surface area contributed by atoms with E-state index in [9.17, 15) is 4.79 Å². The fraction of sp³-hybridized carbons (Fsp3) is 0.438. The molecule has 4 rings (SSSR count). The van der Waals surface area contributed by atoms with Crippen molar-refractivity contribution in [2.75, 3.05) is 18.0 Å². The lowest BCUT2D eigenvalue weighted by Gasteiger charge is -2.40. The Labute approximate surface area is 222 Å². The number of carbonyl (C=O) groups is 1. The molecule has 0 saturated carbocycles. The molecule has 1 aliphatic heterocycles. The quantitative estimate of drug-likeness (QED) is 0.367. The van der Waals surface area contributed by atoms with E-state index in [1.165, 1.54) is 33.5 Å². The van der Waals surface area contributed by atoms with Crippen LogP contribution < -0.4 is 4.90 Å². The van der Waals surface area contributed by atoms with E-state index in [2.05, 4.69) is 81.1 Å². The number of nitrogens with zero attached hydrogens (tertiary/aromatic N) is 3. The number of piperidine rings is 1. The molecule has 1 amide bonds. The van der Waals surface area contributed by atoms with Gasteiger partial charge in [-0.3, -0.25) is 4.98 Å². The summed E-state index contributed by atoms with van der Waals surface area (Å²) in [6.07, 6.45) is 3.52. The van der Waals surface area contributed by atoms with Crippen LogP contribution in [0, 0.1) is 27.7 Å². The van der Waals surface area contributed by atoms with Gasteiger partial charge in [0.15, 0.2) is 0 Å². The zero-order chi connectivity index (χ0) is 26.7. The number of amides is 1. The van der Waals surface area contributed by atoms with Gasteiger partial charge >= 0.3 is 6.09 Å². The number of aromatic nitrogens is 1. The van der Waals surface area contributed by atoms with Crippen LogP contribution >= 0.6 is 0 Å². The maximum atomic E-state index is 12.6. The fourth-order valence-corrected chi connectivity index (χ4v) is 5.04. The predicted molar refractivity (Wildman–Crippen MR) is 152 cm³/mol. The summed E-state index contributed by atoms with van der Waals surface area (Å²) in [5, 5.41) is 0. The van der Waals surface area contributed by atoms with Gasteiger partial charge in [0, 0.05) is 43.1 Å². The molecule has 37 heavy (non-hydrogen) atoms. The van der Waals surface area contributed by atoms with Gasteiger partial charge in [-0.15, -0.1) is 0 Å². The van der Waals surface area contributed by atoms with Crippen molar-refractivity contribution in [1.29, 1.82) is 0 Å². The van der Waals surface area contributed by atoms with Crippen LogP contribution in [0.25, 0.3) is 11.3 Å². The minimum Gasteiger partial charge on any atom is -0.444 e. The lowest BCUT2D eigenvalue weighted by molar-refractivity contribution is 0.0204. The number of hydrogen-bond donors (Lipinski definition) is 0. The van der Waals surface area contributed by atoms with Crippen molar-refractivity contribution >= 4 is 11.8 Å². The highest BCUT2D eigenvalue weighted by Gasteiger charge is 2.30. The number of rotatable bonds is 5. The first-order valence-electron chi connectivity index (χ1n) is 13.3. The third kappa shape index (κ3) is 6.71. The number of ether oxygens (including phenoxy) is 1. The highest BCUT2D eigenvalue weighted by atomic mass is 16.6. The van der Waals surface area contributed by atoms with Gasteiger partial charge in [0.1, 0.15) is 5.60 Å². The van der Waals surface area contributed by atoms with Gasteiger partial charge in [0.2, 0.25) is 0 Å². The Morgan fingerprint density at radius 1 is 1.00 bits per heavy atom. The van der Waals surface area contributed by atoms with E-state index >= 15 is 0 Å². The van der Waals surface area contributed by atoms with E-state index in [0.29, 0.717) is 19.1 Å². The molecular weight excluding hydrogens is 458 g/mol. The minimum absolute atomic E-state index is 0.212. The van der Waals surface area contributed by atoms with E-state index in [0.717, 1.165) is 30.6 Å². The summed E-state index contributed by atoms with van der Waals surface area (Å²) in [5.74, 6) is 0. The van der Waals surface area contributed by atoms with Crippen LogP contribution in [0.3, 0.4) is 0 Å². The number of aryl methyl sites for hydroxylation is 3. The van der Waals surface area contributed by atoms with Crippen molar-refractivity contribution in [3.05, 3.63) is 82.5 Å². The third-order valence-corrected chi connectivity index (χ3v) is 7.29. The van der Waals surface area contributed by atoms with Gasteiger partial charge in [0.05, 0.1) is 5.69 Å². The fourth-order valence-electron chi connectivity index (χ4n) is 5.04. The predicted octanol–water partition coefficient (Wildman–Crippen LogP) is 7.39. The molecule has 0 N–H and O–H groups in total. The Hall–Kier alpha value is -3.34. The first-order chi connectivity index (χ1) is 17.5. The summed E-state index contributed by atoms with van der Waals surface area (Å²) < 4.78 is 5.61. The van der Waals surface area contributed by atoms with Crippen LogP contribution in [0.15, 0.2) is 54.7 Å². The second-order valence-electron chi connectivity index (χ2n) is 11.4. The zero-order valence-corrected chi connectivity index (χ0v) is 23.5. The summed E-state index contributed by atoms with van der Waals surface area (Å²) in [5.41, 5.74) is 9.31. The Bertz CT molecular complexity index is 1230. The van der Waals surface area contributed by atoms with E-state index in [-0.39, 0.29) is 6.09 Å². The summed E-state index contributed by atoms with van der Waals surface area (Å²) in [6.45, 7) is 16.6. The molecule has 0 unspecified atom stereocenters. The van der Waals surface area contributed by atoms with Gasteiger partial charge in [-0.25, -0.2) is 4.79 Å². The normalized spacial score (nSPS) is 14.5. The van der Waals surface area contributed by atoms with E-state index in [1.54, 1.807) is 0 Å². The molecule has 0 atom stereocenters. The van der Waals surface area contributed by atoms with Gasteiger partial charge in [-0.1, -0.05) is 12.1 Å². The van der Waals surface area contributed by atoms with E-state index < -0.39 is 5.60 Å². The standard InChI is InChI=1S/C32H41N3O2/c1-22-9-8-10-29(17-22)35(28-12-15-34(16-13-28)31(36)37-32(5,6)7)21-26-11-14-33-30(20-26)27-18-23(2)25(4)24(3)19-27/h8-11,14,17-20,28H,12-13,15-16,21H2,1-7H3. The van der Waals surface area contributed by atoms with Crippen LogP contribution in [0.5, 0.6) is 0 Å². The van der Waals surface area contributed by atoms with Crippen molar-refractivity contribution in [3.63, 3.8) is 0 Å². The number of anilines is 1. The van der Waals surface area contributed by atoms with E-state index in [4.69, 9.17) is 9.72 Å². The van der Waals surface area contributed by atoms with Crippen LogP contribution in [0.1, 0.15) is 61.4 Å². The molecule has 1 fully saturated rings. The van der Waals surface area contributed by atoms with Crippen molar-refractivity contribution in [2.45, 2.75) is 79.5 Å². The van der Waals surface area contributed by atoms with Crippen LogP contribution in [0.4, 0.5) is 10.5 Å². The summed E-state index contributed by atoms with van der Waals surface area (Å²) in [4.78, 5) is 21.7. The highest BCUT2D eigenvalue weighted by molar-refractivity contribution is 5.68. The van der Waals surface area contributed by atoms with Crippen molar-refractivity contribution < 1.29 is 9.53 Å². The monoisotopic (exact) mass is 499 g/mol. The number of pyridine rings is 1. The Morgan fingerprint density at radius 3 is 2.30 bits per heavy atom. The average Bonchev–Trinajstić information content (AvgIpc) is 2.85. The van der Waals surface area contributed by atoms with Crippen LogP contribution in [-0.4, -0.2) is 40.7 Å². The molecule has 0 aliphatic carbocycles. The van der Waals surface area contributed by atoms with Crippen LogP contribution in [0.2, 0.25) is 0 Å². The van der Waals surface area contributed by atoms with Gasteiger partial charge in [-0.2, -0.15) is 0 Å². The Balaban J connectivity index is 1.57. The first-order valence-corrected chi connectivity index (χ1v) is 13.3. The molecule has 1 aromatic heterocycles. The average molecular weight is 500 g/mol. The highest BCUT2D eigenvalue weighted by Crippen LogP contribution is 2.29. The zero-order valence-electron chi connectivity index (χ0n) is 23.5. The minimum atomic E-state index is -0.477. The Kier molecular flexibility index (Phi) is 7.91. The second kappa shape index (κ2) is 11.0. The first kappa shape index (κ1) is 26.7. The summed E-state index contributed by atoms with van der Waals surface area (Å²) in [6, 6.07) is 17.9. The third-order valence-electron chi connectivity index (χ3n) is 7.29. The number of hydrogen-bond acceptors (Lipinski definition) is 4. The molecule has 1 aliphatic rings. The number of carbonyl (C=O) groups excluding carboxylic acids is 1. The molecule has 196 valence electrons. The Morgan fingerprint density at radius 2 is 1.68 bits per heavy atom. The van der Waals surface area contributed by atoms with E-state index in [1.807, 2.05) is 31.9 Å². The molecule has 2 aromatic carbocycles. The SMILES string of the molecule is Cc1cccc(N(Cc2ccnc(-c3cc(C)c(C)c(C)c3)c2)C2CCN(C(=O)OC(C)(C)C)CC2)c1. The smallest absolute Gasteiger partial charge is 0.410 e. The summed E-state index contributed by atoms with van der Waals surface area (Å²) >= 11 is 0. The summed E-state index contributed by atoms with van der Waals surface area (Å²) in [7, 11) is 0. The number of benzene rings is 2. The van der Waals surface area contributed by atoms with Crippen molar-refractivity contribution in [1.82, 2.24) is 9.88 Å². The lowest BCUT2D eigenvalue weighted by Crippen LogP contribution is -2.48. The topological polar surface area (TPSA) is 45.7 Å². The van der Waals surface area contributed by atoms with Crippen molar-refractivity contribution in [2.24, 2.45) is 0 Å². The molecule has 3 aromatic rings. The molecule has 5 heteroatoms. The molecule has 5 nitrogen and oxygen atoms in total. The molecule has 0 spiro atoms. The molecule has 0 bridgehead atoms. The van der Waals surface area contributed by atoms with Gasteiger partial charge in [-0.05, 0) is 126 Å². The lowest BCUT2D eigenvalue weighted by atomic mass is 9.98. The second-order valence-corrected chi connectivity index (χ2v) is 11.4. The maximum Gasteiger partial charge on any atom is 0.410 e. The molecule has 1 saturated heterocycles. The van der Waals surface area contributed by atoms with Crippen LogP contribution in [-0.2, 0) is 11.3 Å².